The van der Waals surface area contributed by atoms with Crippen LogP contribution in [-0.2, 0) is 0 Å². The first-order valence-corrected chi connectivity index (χ1v) is 3.12. The molecule has 0 spiro atoms. The summed E-state index contributed by atoms with van der Waals surface area (Å²) in [6.07, 6.45) is 4.27. The van der Waals surface area contributed by atoms with Gasteiger partial charge in [0.25, 0.3) is 0 Å². The fraction of sp³-hybridized carbons (Fsp3) is 0.600. The Morgan fingerprint density at radius 3 is 2.62 bits per heavy atom. The molecule has 0 aromatic rings. The summed E-state index contributed by atoms with van der Waals surface area (Å²) in [5.74, 6) is 0.449. The summed E-state index contributed by atoms with van der Waals surface area (Å²) in [5.41, 5.74) is 0.687. The van der Waals surface area contributed by atoms with Crippen LogP contribution in [0.5, 0.6) is 0 Å². The minimum absolute atomic E-state index is 0.320. The molecule has 0 radical (unpaired) electrons. The van der Waals surface area contributed by atoms with Crippen LogP contribution in [0.3, 0.4) is 0 Å². The Morgan fingerprint density at radius 2 is 2.38 bits per heavy atom. The van der Waals surface area contributed by atoms with Crippen LogP contribution in [0.25, 0.3) is 0 Å². The average molecular weight is 108 g/mol. The van der Waals surface area contributed by atoms with E-state index in [2.05, 4.69) is 20.0 Å². The lowest BCUT2D eigenvalue weighted by atomic mass is 9.52. The second-order valence-corrected chi connectivity index (χ2v) is 2.54. The molecule has 1 heterocycles. The Balaban J connectivity index is 2.34. The van der Waals surface area contributed by atoms with Crippen molar-refractivity contribution in [2.45, 2.75) is 11.5 Å². The molecule has 0 bridgehead atoms. The van der Waals surface area contributed by atoms with Crippen LogP contribution in [-0.4, -0.2) is 26.8 Å². The fourth-order valence-corrected chi connectivity index (χ4v) is 1.12. The van der Waals surface area contributed by atoms with Crippen molar-refractivity contribution >= 4 is 15.1 Å². The SMILES string of the molecule is BC1BC(CO)C=C1. The van der Waals surface area contributed by atoms with Gasteiger partial charge < -0.3 is 5.11 Å². The highest BCUT2D eigenvalue weighted by molar-refractivity contribution is 6.54. The zero-order valence-electron chi connectivity index (χ0n) is 5.17. The van der Waals surface area contributed by atoms with Gasteiger partial charge in [0.05, 0.1) is 0 Å². The highest BCUT2D eigenvalue weighted by Gasteiger charge is 2.14. The number of rotatable bonds is 1. The standard InChI is InChI=1S/C5H10B2O/c6-5-2-1-4(3-8)7-5/h1-2,4-5,7-8H,3,6H2. The van der Waals surface area contributed by atoms with Gasteiger partial charge in [-0.2, -0.15) is 0 Å². The lowest BCUT2D eigenvalue weighted by Crippen LogP contribution is -2.04. The maximum Gasteiger partial charge on any atom is 0.130 e. The molecule has 1 rings (SSSR count). The summed E-state index contributed by atoms with van der Waals surface area (Å²) in [6, 6.07) is 0. The van der Waals surface area contributed by atoms with Crippen molar-refractivity contribution in [3.8, 4) is 0 Å². The van der Waals surface area contributed by atoms with Crippen LogP contribution in [0.4, 0.5) is 0 Å². The molecule has 0 aromatic heterocycles. The first kappa shape index (κ1) is 5.96. The van der Waals surface area contributed by atoms with Gasteiger partial charge >= 0.3 is 0 Å². The molecular weight excluding hydrogens is 97.7 g/mol. The van der Waals surface area contributed by atoms with Crippen molar-refractivity contribution in [1.29, 1.82) is 0 Å². The van der Waals surface area contributed by atoms with Crippen molar-refractivity contribution in [3.63, 3.8) is 0 Å². The molecule has 2 atom stereocenters. The van der Waals surface area contributed by atoms with E-state index in [4.69, 9.17) is 5.11 Å². The molecule has 0 aliphatic carbocycles. The summed E-state index contributed by atoms with van der Waals surface area (Å²) in [4.78, 5) is 0. The predicted molar refractivity (Wildman–Crippen MR) is 39.4 cm³/mol. The van der Waals surface area contributed by atoms with E-state index in [0.29, 0.717) is 18.1 Å². The van der Waals surface area contributed by atoms with Gasteiger partial charge in [0, 0.05) is 6.61 Å². The number of hydrogen-bond acceptors (Lipinski definition) is 1. The van der Waals surface area contributed by atoms with Gasteiger partial charge in [-0.1, -0.05) is 11.8 Å². The highest BCUT2D eigenvalue weighted by atomic mass is 16.3. The predicted octanol–water partition coefficient (Wildman–Crippen LogP) is -0.847. The third kappa shape index (κ3) is 1.16. The van der Waals surface area contributed by atoms with Gasteiger partial charge in [0.15, 0.2) is 0 Å². The molecular formula is C5H10B2O. The number of hydrogen-bond donors (Lipinski definition) is 1. The van der Waals surface area contributed by atoms with E-state index < -0.39 is 0 Å². The first-order valence-electron chi connectivity index (χ1n) is 3.12. The zero-order chi connectivity index (χ0) is 5.98. The molecule has 0 aromatic carbocycles. The monoisotopic (exact) mass is 108 g/mol. The summed E-state index contributed by atoms with van der Waals surface area (Å²) in [5, 5.41) is 8.63. The summed E-state index contributed by atoms with van der Waals surface area (Å²) in [6.45, 7) is 0.320. The third-order valence-electron chi connectivity index (χ3n) is 1.62. The quantitative estimate of drug-likeness (QED) is 0.342. The molecule has 2 unspecified atom stereocenters. The lowest BCUT2D eigenvalue weighted by Gasteiger charge is -1.99. The largest absolute Gasteiger partial charge is 0.397 e. The second-order valence-electron chi connectivity index (χ2n) is 2.54. The second kappa shape index (κ2) is 2.40. The Bertz CT molecular complexity index is 103. The Kier molecular flexibility index (Phi) is 1.79. The maximum absolute atomic E-state index is 8.63. The smallest absolute Gasteiger partial charge is 0.130 e. The van der Waals surface area contributed by atoms with Crippen molar-refractivity contribution in [2.75, 3.05) is 6.61 Å². The van der Waals surface area contributed by atoms with Crippen LogP contribution in [0.15, 0.2) is 12.2 Å². The first-order chi connectivity index (χ1) is 3.83. The molecule has 8 heavy (non-hydrogen) atoms. The number of aliphatic hydroxyl groups is 1. The minimum Gasteiger partial charge on any atom is -0.397 e. The highest BCUT2D eigenvalue weighted by Crippen LogP contribution is 2.20. The molecule has 0 saturated heterocycles. The number of aliphatic hydroxyl groups excluding tert-OH is 1. The molecule has 1 aliphatic heterocycles. The topological polar surface area (TPSA) is 20.2 Å². The van der Waals surface area contributed by atoms with Crippen molar-refractivity contribution in [1.82, 2.24) is 0 Å². The summed E-state index contributed by atoms with van der Waals surface area (Å²) >= 11 is 0. The maximum atomic E-state index is 8.63. The van der Waals surface area contributed by atoms with Crippen LogP contribution in [0.2, 0.25) is 11.5 Å². The molecule has 1 aliphatic rings. The average Bonchev–Trinajstić information content (AvgIpc) is 2.14. The fourth-order valence-electron chi connectivity index (χ4n) is 1.12. The van der Waals surface area contributed by atoms with Crippen LogP contribution >= 0.6 is 0 Å². The van der Waals surface area contributed by atoms with Crippen molar-refractivity contribution < 1.29 is 5.11 Å². The normalized spacial score (nSPS) is 35.1. The van der Waals surface area contributed by atoms with E-state index in [1.54, 1.807) is 0 Å². The molecule has 42 valence electrons. The van der Waals surface area contributed by atoms with Gasteiger partial charge in [-0.15, -0.1) is 6.08 Å². The summed E-state index contributed by atoms with van der Waals surface area (Å²) in [7, 11) is 3.31. The van der Waals surface area contributed by atoms with Gasteiger partial charge in [0.1, 0.15) is 15.1 Å². The Labute approximate surface area is 51.4 Å². The van der Waals surface area contributed by atoms with E-state index in [0.717, 1.165) is 7.28 Å². The van der Waals surface area contributed by atoms with Gasteiger partial charge in [-0.05, 0) is 5.82 Å². The van der Waals surface area contributed by atoms with E-state index in [9.17, 15) is 0 Å². The molecule has 1 N–H and O–H groups in total. The number of allylic oxidation sites excluding steroid dienone is 1. The van der Waals surface area contributed by atoms with Crippen LogP contribution in [0.1, 0.15) is 0 Å². The third-order valence-corrected chi connectivity index (χ3v) is 1.62. The zero-order valence-corrected chi connectivity index (χ0v) is 5.17. The Morgan fingerprint density at radius 1 is 1.62 bits per heavy atom. The minimum atomic E-state index is 0.320. The van der Waals surface area contributed by atoms with Crippen molar-refractivity contribution in [2.24, 2.45) is 0 Å². The van der Waals surface area contributed by atoms with E-state index >= 15 is 0 Å². The van der Waals surface area contributed by atoms with Crippen molar-refractivity contribution in [3.05, 3.63) is 12.2 Å². The molecule has 0 fully saturated rings. The summed E-state index contributed by atoms with van der Waals surface area (Å²) < 4.78 is 0. The van der Waals surface area contributed by atoms with Gasteiger partial charge in [-0.25, -0.2) is 0 Å². The molecule has 3 heteroatoms. The van der Waals surface area contributed by atoms with Gasteiger partial charge in [-0.3, -0.25) is 0 Å². The van der Waals surface area contributed by atoms with E-state index in [1.165, 1.54) is 0 Å². The Hall–Kier alpha value is -0.170. The van der Waals surface area contributed by atoms with E-state index in [-0.39, 0.29) is 0 Å². The van der Waals surface area contributed by atoms with Crippen LogP contribution < -0.4 is 0 Å². The molecule has 0 amide bonds. The molecule has 1 nitrogen and oxygen atoms in total. The lowest BCUT2D eigenvalue weighted by molar-refractivity contribution is 0.302. The van der Waals surface area contributed by atoms with Gasteiger partial charge in [0.2, 0.25) is 0 Å². The molecule has 0 saturated carbocycles. The van der Waals surface area contributed by atoms with Crippen LogP contribution in [0, 0.1) is 0 Å². The van der Waals surface area contributed by atoms with E-state index in [1.807, 2.05) is 0 Å².